The summed E-state index contributed by atoms with van der Waals surface area (Å²) in [7, 11) is 0. The van der Waals surface area contributed by atoms with Crippen molar-refractivity contribution in [3.8, 4) is 0 Å². The summed E-state index contributed by atoms with van der Waals surface area (Å²) in [5.41, 5.74) is -0.403. The van der Waals surface area contributed by atoms with Gasteiger partial charge in [0.05, 0.1) is 19.3 Å². The van der Waals surface area contributed by atoms with E-state index in [-0.39, 0.29) is 12.0 Å². The molecule has 144 valence electrons. The second-order valence-corrected chi connectivity index (χ2v) is 7.52. The van der Waals surface area contributed by atoms with E-state index in [1.54, 1.807) is 27.7 Å². The topological polar surface area (TPSA) is 74.3 Å². The number of rotatable bonds is 6. The van der Waals surface area contributed by atoms with Crippen LogP contribution in [0.1, 0.15) is 61.3 Å². The zero-order chi connectivity index (χ0) is 19.3. The van der Waals surface area contributed by atoms with E-state index in [4.69, 9.17) is 19.0 Å². The van der Waals surface area contributed by atoms with Crippen LogP contribution in [0.4, 0.5) is 4.79 Å². The average molecular weight is 357 g/mol. The van der Waals surface area contributed by atoms with Gasteiger partial charge in [0, 0.05) is 6.42 Å². The van der Waals surface area contributed by atoms with Crippen LogP contribution >= 0.6 is 0 Å². The van der Waals surface area contributed by atoms with Crippen molar-refractivity contribution in [1.82, 2.24) is 5.06 Å². The number of esters is 1. The summed E-state index contributed by atoms with van der Waals surface area (Å²) >= 11 is 0. The fourth-order valence-corrected chi connectivity index (χ4v) is 2.41. The molecule has 25 heavy (non-hydrogen) atoms. The number of ether oxygens (including phenoxy) is 3. The van der Waals surface area contributed by atoms with E-state index in [2.05, 4.69) is 0 Å². The molecule has 1 rings (SSSR count). The third kappa shape index (κ3) is 7.44. The van der Waals surface area contributed by atoms with E-state index >= 15 is 0 Å². The molecule has 1 fully saturated rings. The second-order valence-electron chi connectivity index (χ2n) is 7.52. The van der Waals surface area contributed by atoms with Crippen LogP contribution in [0.25, 0.3) is 0 Å². The molecule has 0 spiro atoms. The Kier molecular flexibility index (Phi) is 7.44. The lowest BCUT2D eigenvalue weighted by Gasteiger charge is -2.31. The molecule has 0 amide bonds. The maximum atomic E-state index is 12.0. The third-order valence-corrected chi connectivity index (χ3v) is 3.51. The Morgan fingerprint density at radius 1 is 1.28 bits per heavy atom. The Labute approximate surface area is 150 Å². The van der Waals surface area contributed by atoms with Crippen molar-refractivity contribution < 1.29 is 28.6 Å². The van der Waals surface area contributed by atoms with Gasteiger partial charge in [0.25, 0.3) is 0 Å². The molecule has 7 nitrogen and oxygen atoms in total. The lowest BCUT2D eigenvalue weighted by atomic mass is 10.1. The molecule has 0 aromatic carbocycles. The smallest absolute Gasteiger partial charge is 0.466 e. The van der Waals surface area contributed by atoms with Gasteiger partial charge in [-0.05, 0) is 54.9 Å². The van der Waals surface area contributed by atoms with Crippen LogP contribution in [0.3, 0.4) is 0 Å². The van der Waals surface area contributed by atoms with Gasteiger partial charge in [-0.3, -0.25) is 4.79 Å². The number of nitrogens with zero attached hydrogens (tertiary/aromatic N) is 1. The predicted molar refractivity (Wildman–Crippen MR) is 92.6 cm³/mol. The van der Waals surface area contributed by atoms with Crippen LogP contribution in [0.15, 0.2) is 11.6 Å². The lowest BCUT2D eigenvalue weighted by molar-refractivity contribution is -0.230. The monoisotopic (exact) mass is 357 g/mol. The largest absolute Gasteiger partial charge is 0.528 e. The van der Waals surface area contributed by atoms with E-state index in [0.717, 1.165) is 5.57 Å². The van der Waals surface area contributed by atoms with Crippen molar-refractivity contribution in [3.05, 3.63) is 11.6 Å². The fourth-order valence-electron chi connectivity index (χ4n) is 2.41. The lowest BCUT2D eigenvalue weighted by Crippen LogP contribution is -2.45. The van der Waals surface area contributed by atoms with Crippen molar-refractivity contribution in [2.75, 3.05) is 13.2 Å². The molecule has 0 aromatic rings. The van der Waals surface area contributed by atoms with Crippen molar-refractivity contribution in [2.45, 2.75) is 78.7 Å². The number of carbonyl (C=O) groups is 2. The standard InChI is InChI=1S/C18H31NO6/c1-8-22-15(20)10-9-13(2)11-14-12-23-18(6,7)19(14)25-16(21)24-17(3,4)5/h11,14H,8-10,12H2,1-7H3/t14-/m1/s1. The summed E-state index contributed by atoms with van der Waals surface area (Å²) in [6.45, 7) is 13.4. The maximum Gasteiger partial charge on any atom is 0.528 e. The molecule has 1 saturated heterocycles. The Balaban J connectivity index is 2.71. The van der Waals surface area contributed by atoms with Crippen LogP contribution in [-0.2, 0) is 23.8 Å². The first kappa shape index (κ1) is 21.4. The average Bonchev–Trinajstić information content (AvgIpc) is 2.71. The number of carbonyl (C=O) groups excluding carboxylic acids is 2. The molecule has 0 unspecified atom stereocenters. The summed E-state index contributed by atoms with van der Waals surface area (Å²) in [5, 5.41) is 1.49. The van der Waals surface area contributed by atoms with E-state index in [0.29, 0.717) is 26.1 Å². The van der Waals surface area contributed by atoms with E-state index in [1.165, 1.54) is 5.06 Å². The predicted octanol–water partition coefficient (Wildman–Crippen LogP) is 3.58. The number of hydroxylamine groups is 2. The highest BCUT2D eigenvalue weighted by Crippen LogP contribution is 2.30. The first-order valence-electron chi connectivity index (χ1n) is 8.62. The van der Waals surface area contributed by atoms with Gasteiger partial charge >= 0.3 is 12.1 Å². The van der Waals surface area contributed by atoms with Gasteiger partial charge in [-0.25, -0.2) is 4.79 Å². The van der Waals surface area contributed by atoms with Crippen LogP contribution in [-0.4, -0.2) is 47.8 Å². The Morgan fingerprint density at radius 2 is 1.92 bits per heavy atom. The third-order valence-electron chi connectivity index (χ3n) is 3.51. The normalized spacial score (nSPS) is 21.1. The van der Waals surface area contributed by atoms with Crippen LogP contribution in [0.5, 0.6) is 0 Å². The van der Waals surface area contributed by atoms with Gasteiger partial charge in [-0.2, -0.15) is 0 Å². The van der Waals surface area contributed by atoms with Crippen LogP contribution < -0.4 is 0 Å². The number of allylic oxidation sites excluding steroid dienone is 1. The molecule has 0 radical (unpaired) electrons. The first-order valence-corrected chi connectivity index (χ1v) is 8.62. The van der Waals surface area contributed by atoms with Gasteiger partial charge in [0.15, 0.2) is 0 Å². The molecule has 0 bridgehead atoms. The molecule has 7 heteroatoms. The van der Waals surface area contributed by atoms with Crippen LogP contribution in [0, 0.1) is 0 Å². The van der Waals surface area contributed by atoms with Gasteiger partial charge < -0.3 is 19.0 Å². The highest BCUT2D eigenvalue weighted by atomic mass is 16.8. The highest BCUT2D eigenvalue weighted by molar-refractivity contribution is 5.69. The maximum absolute atomic E-state index is 12.0. The Hall–Kier alpha value is -1.60. The molecule has 1 heterocycles. The van der Waals surface area contributed by atoms with Crippen molar-refractivity contribution in [2.24, 2.45) is 0 Å². The molecule has 0 aliphatic carbocycles. The number of hydrogen-bond donors (Lipinski definition) is 0. The summed E-state index contributed by atoms with van der Waals surface area (Å²) in [4.78, 5) is 28.8. The molecule has 0 aromatic heterocycles. The molecule has 1 atom stereocenters. The Bertz CT molecular complexity index is 506. The van der Waals surface area contributed by atoms with Crippen molar-refractivity contribution in [3.63, 3.8) is 0 Å². The number of hydrogen-bond acceptors (Lipinski definition) is 7. The molecule has 1 aliphatic heterocycles. The highest BCUT2D eigenvalue weighted by Gasteiger charge is 2.43. The molecular weight excluding hydrogens is 326 g/mol. The quantitative estimate of drug-likeness (QED) is 0.531. The van der Waals surface area contributed by atoms with Crippen molar-refractivity contribution >= 4 is 12.1 Å². The Morgan fingerprint density at radius 3 is 2.48 bits per heavy atom. The fraction of sp³-hybridized carbons (Fsp3) is 0.778. The van der Waals surface area contributed by atoms with Gasteiger partial charge in [-0.1, -0.05) is 16.7 Å². The molecule has 0 saturated carbocycles. The minimum Gasteiger partial charge on any atom is -0.466 e. The summed E-state index contributed by atoms with van der Waals surface area (Å²) in [5.74, 6) is -0.222. The van der Waals surface area contributed by atoms with Gasteiger partial charge in [-0.15, -0.1) is 0 Å². The van der Waals surface area contributed by atoms with E-state index in [1.807, 2.05) is 26.8 Å². The minimum absolute atomic E-state index is 0.222. The summed E-state index contributed by atoms with van der Waals surface area (Å²) in [6.07, 6.45) is 2.07. The zero-order valence-electron chi connectivity index (χ0n) is 16.4. The summed E-state index contributed by atoms with van der Waals surface area (Å²) < 4.78 is 15.9. The van der Waals surface area contributed by atoms with Crippen molar-refractivity contribution in [1.29, 1.82) is 0 Å². The first-order chi connectivity index (χ1) is 11.4. The minimum atomic E-state index is -0.770. The second kappa shape index (κ2) is 8.67. The molecule has 0 N–H and O–H groups in total. The molecular formula is C18H31NO6. The van der Waals surface area contributed by atoms with E-state index < -0.39 is 17.5 Å². The zero-order valence-corrected chi connectivity index (χ0v) is 16.4. The SMILES string of the molecule is CCOC(=O)CCC(C)=C[C@@H]1COC(C)(C)N1OC(=O)OC(C)(C)C. The van der Waals surface area contributed by atoms with E-state index in [9.17, 15) is 9.59 Å². The molecule has 1 aliphatic rings. The summed E-state index contributed by atoms with van der Waals surface area (Å²) in [6, 6.07) is -0.246. The van der Waals surface area contributed by atoms with Gasteiger partial charge in [0.2, 0.25) is 0 Å². The van der Waals surface area contributed by atoms with Crippen LogP contribution in [0.2, 0.25) is 0 Å². The van der Waals surface area contributed by atoms with Gasteiger partial charge in [0.1, 0.15) is 11.3 Å².